The van der Waals surface area contributed by atoms with Crippen LogP contribution in [-0.2, 0) is 28.5 Å². The number of ether oxygens (including phenoxy) is 1. The average Bonchev–Trinajstić information content (AvgIpc) is 3.85. The van der Waals surface area contributed by atoms with Gasteiger partial charge in [0.05, 0.1) is 24.2 Å². The highest BCUT2D eigenvalue weighted by molar-refractivity contribution is 7.10. The van der Waals surface area contributed by atoms with E-state index in [-0.39, 0.29) is 69.2 Å². The number of carbonyl (C=O) groups excluding carboxylic acids is 3. The largest absolute Gasteiger partial charge is 0.474 e. The number of H-pyrrole nitrogens is 1. The van der Waals surface area contributed by atoms with E-state index in [1.807, 2.05) is 6.08 Å². The second kappa shape index (κ2) is 16.3. The number of hydrogen-bond acceptors (Lipinski definition) is 9. The molecule has 6 rings (SSSR count). The van der Waals surface area contributed by atoms with Gasteiger partial charge in [0, 0.05) is 55.0 Å². The first-order valence-electron chi connectivity index (χ1n) is 17.7. The van der Waals surface area contributed by atoms with Gasteiger partial charge in [-0.3, -0.25) is 19.4 Å². The minimum absolute atomic E-state index is 0.00132. The second-order valence-electron chi connectivity index (χ2n) is 13.5. The third-order valence-corrected chi connectivity index (χ3v) is 11.3. The Kier molecular flexibility index (Phi) is 11.9. The molecule has 12 nitrogen and oxygen atoms in total. The molecule has 2 N–H and O–H groups in total. The normalized spacial score (nSPS) is 21.9. The van der Waals surface area contributed by atoms with E-state index in [4.69, 9.17) is 16.3 Å². The van der Waals surface area contributed by atoms with Gasteiger partial charge in [-0.15, -0.1) is 21.5 Å². The number of likely N-dealkylation sites (tertiary alicyclic amines) is 1. The standard InChI is InChI=1S/C35H37ClF6N8O4S/c1-2-5-26-33(54-22-17-27(55-19-22)35(40,41)42,12-4-14-50(26)31(52)30-24(34(37,38)39)6-3-13-43-30)32(53)49-15-11-20-16-21(36)7-8-23(20)25(49)9-10-29(51)44-18-28-45-47-48-46-28/h3,6-7,13,17,19,25-26H,2,4-5,8-12,14-16,18H2,1H3,(H,44,51)(H,45,46,47,48)/t25?,26-,33+/m1/s1. The molecule has 0 radical (unpaired) electrons. The number of nitrogens with one attached hydrogen (secondary N) is 2. The number of aromatic nitrogens is 5. The summed E-state index contributed by atoms with van der Waals surface area (Å²) in [6, 6.07) is 0.691. The Labute approximate surface area is 320 Å². The molecule has 3 aliphatic rings. The summed E-state index contributed by atoms with van der Waals surface area (Å²) in [5.41, 5.74) is -2.29. The van der Waals surface area contributed by atoms with Crippen LogP contribution in [0.25, 0.3) is 0 Å². The number of hydrogen-bond donors (Lipinski definition) is 2. The van der Waals surface area contributed by atoms with Crippen molar-refractivity contribution >= 4 is 40.7 Å². The summed E-state index contributed by atoms with van der Waals surface area (Å²) in [5.74, 6) is -2.11. The van der Waals surface area contributed by atoms with Gasteiger partial charge < -0.3 is 19.9 Å². The van der Waals surface area contributed by atoms with E-state index in [1.165, 1.54) is 0 Å². The number of allylic oxidation sites excluding steroid dienone is 2. The molecule has 2 aliphatic heterocycles. The monoisotopic (exact) mass is 814 g/mol. The molecule has 1 fully saturated rings. The third-order valence-electron chi connectivity index (χ3n) is 10.1. The molecule has 3 atom stereocenters. The summed E-state index contributed by atoms with van der Waals surface area (Å²) < 4.78 is 90.3. The van der Waals surface area contributed by atoms with Gasteiger partial charge >= 0.3 is 12.4 Å². The zero-order chi connectivity index (χ0) is 39.5. The molecule has 0 spiro atoms. The number of carbonyl (C=O) groups is 3. The number of nitrogens with zero attached hydrogens (tertiary/aromatic N) is 6. The van der Waals surface area contributed by atoms with Crippen molar-refractivity contribution in [1.29, 1.82) is 0 Å². The van der Waals surface area contributed by atoms with Crippen LogP contribution in [-0.4, -0.2) is 83.9 Å². The number of aromatic amines is 1. The molecular weight excluding hydrogens is 778 g/mol. The van der Waals surface area contributed by atoms with Gasteiger partial charge in [-0.05, 0) is 49.8 Å². The number of piperidine rings is 1. The molecule has 20 heteroatoms. The van der Waals surface area contributed by atoms with E-state index >= 15 is 4.79 Å². The zero-order valence-corrected chi connectivity index (χ0v) is 31.0. The van der Waals surface area contributed by atoms with Crippen LogP contribution in [0.1, 0.15) is 91.5 Å². The van der Waals surface area contributed by atoms with Gasteiger partial charge in [0.1, 0.15) is 16.3 Å². The molecule has 55 heavy (non-hydrogen) atoms. The quantitative estimate of drug-likeness (QED) is 0.158. The SMILES string of the molecule is CCC[C@H]1N(C(=O)c2ncccc2C(F)(F)F)CCC[C@@]1(Oc1csc(C(F)(F)F)c1)C(=O)N1CCC2=C(CC=C(Cl)C2)C1CCC(=O)NCc1nn[nH]n1. The van der Waals surface area contributed by atoms with Crippen LogP contribution in [0.5, 0.6) is 5.75 Å². The van der Waals surface area contributed by atoms with Crippen LogP contribution in [0.3, 0.4) is 0 Å². The molecule has 1 unspecified atom stereocenters. The molecular formula is C35H37ClF6N8O4S. The Morgan fingerprint density at radius 1 is 1.13 bits per heavy atom. The molecule has 3 amide bonds. The van der Waals surface area contributed by atoms with Crippen LogP contribution in [0.4, 0.5) is 26.3 Å². The maximum absolute atomic E-state index is 15.4. The van der Waals surface area contributed by atoms with E-state index in [0.717, 1.165) is 45.8 Å². The van der Waals surface area contributed by atoms with E-state index in [0.29, 0.717) is 42.1 Å². The minimum atomic E-state index is -4.93. The second-order valence-corrected chi connectivity index (χ2v) is 14.9. The molecule has 296 valence electrons. The Hall–Kier alpha value is -4.52. The van der Waals surface area contributed by atoms with Crippen molar-refractivity contribution in [2.24, 2.45) is 0 Å². The Bertz CT molecular complexity index is 1950. The summed E-state index contributed by atoms with van der Waals surface area (Å²) >= 11 is 6.78. The van der Waals surface area contributed by atoms with Crippen LogP contribution in [0, 0.1) is 0 Å². The summed E-state index contributed by atoms with van der Waals surface area (Å²) in [7, 11) is 0. The van der Waals surface area contributed by atoms with Gasteiger partial charge in [0.2, 0.25) is 11.5 Å². The van der Waals surface area contributed by atoms with Crippen molar-refractivity contribution in [2.75, 3.05) is 13.1 Å². The van der Waals surface area contributed by atoms with Crippen molar-refractivity contribution in [3.63, 3.8) is 0 Å². The van der Waals surface area contributed by atoms with E-state index < -0.39 is 58.0 Å². The average molecular weight is 815 g/mol. The van der Waals surface area contributed by atoms with Gasteiger partial charge in [0.15, 0.2) is 5.82 Å². The fourth-order valence-electron chi connectivity index (χ4n) is 7.66. The summed E-state index contributed by atoms with van der Waals surface area (Å²) in [4.78, 5) is 48.2. The number of tetrazole rings is 1. The van der Waals surface area contributed by atoms with Crippen molar-refractivity contribution in [3.8, 4) is 5.75 Å². The predicted octanol–water partition coefficient (Wildman–Crippen LogP) is 6.83. The number of alkyl halides is 6. The first-order valence-corrected chi connectivity index (χ1v) is 18.9. The fourth-order valence-corrected chi connectivity index (χ4v) is 8.57. The van der Waals surface area contributed by atoms with Gasteiger partial charge in [-0.2, -0.15) is 31.6 Å². The number of halogens is 7. The number of pyridine rings is 1. The maximum atomic E-state index is 15.4. The lowest BCUT2D eigenvalue weighted by molar-refractivity contribution is -0.161. The molecule has 5 heterocycles. The molecule has 3 aromatic heterocycles. The fraction of sp³-hybridized carbons (Fsp3) is 0.514. The van der Waals surface area contributed by atoms with Gasteiger partial charge in [0.25, 0.3) is 11.8 Å². The topological polar surface area (TPSA) is 146 Å². The minimum Gasteiger partial charge on any atom is -0.474 e. The Morgan fingerprint density at radius 3 is 2.62 bits per heavy atom. The van der Waals surface area contributed by atoms with Crippen LogP contribution < -0.4 is 10.1 Å². The Morgan fingerprint density at radius 2 is 1.93 bits per heavy atom. The number of amides is 3. The van der Waals surface area contributed by atoms with E-state index in [1.54, 1.807) is 11.8 Å². The van der Waals surface area contributed by atoms with E-state index in [9.17, 15) is 35.9 Å². The van der Waals surface area contributed by atoms with Crippen LogP contribution in [0.15, 0.2) is 52.0 Å². The van der Waals surface area contributed by atoms with Crippen LogP contribution in [0.2, 0.25) is 0 Å². The number of thiophene rings is 1. The highest BCUT2D eigenvalue weighted by Crippen LogP contribution is 2.45. The highest BCUT2D eigenvalue weighted by atomic mass is 35.5. The lowest BCUT2D eigenvalue weighted by Gasteiger charge is -2.52. The first kappa shape index (κ1) is 40.2. The van der Waals surface area contributed by atoms with Crippen molar-refractivity contribution in [1.82, 2.24) is 40.7 Å². The van der Waals surface area contributed by atoms with Crippen molar-refractivity contribution in [3.05, 3.63) is 74.0 Å². The molecule has 0 saturated carbocycles. The van der Waals surface area contributed by atoms with Crippen molar-refractivity contribution in [2.45, 2.75) is 101 Å². The Balaban J connectivity index is 1.40. The van der Waals surface area contributed by atoms with Gasteiger partial charge in [-0.1, -0.05) is 41.8 Å². The predicted molar refractivity (Wildman–Crippen MR) is 186 cm³/mol. The van der Waals surface area contributed by atoms with Crippen molar-refractivity contribution < 1.29 is 45.5 Å². The third kappa shape index (κ3) is 8.66. The van der Waals surface area contributed by atoms with Gasteiger partial charge in [-0.25, -0.2) is 0 Å². The smallest absolute Gasteiger partial charge is 0.425 e. The maximum Gasteiger partial charge on any atom is 0.425 e. The molecule has 0 aromatic carbocycles. The zero-order valence-electron chi connectivity index (χ0n) is 29.5. The highest BCUT2D eigenvalue weighted by Gasteiger charge is 2.57. The molecule has 1 aliphatic carbocycles. The number of rotatable bonds is 11. The van der Waals surface area contributed by atoms with E-state index in [2.05, 4.69) is 30.9 Å². The summed E-state index contributed by atoms with van der Waals surface area (Å²) in [6.07, 6.45) is -5.02. The lowest BCUT2D eigenvalue weighted by atomic mass is 9.77. The van der Waals surface area contributed by atoms with Crippen LogP contribution >= 0.6 is 22.9 Å². The lowest BCUT2D eigenvalue weighted by Crippen LogP contribution is -2.69. The molecule has 1 saturated heterocycles. The first-order chi connectivity index (χ1) is 26.1. The molecule has 0 bridgehead atoms. The summed E-state index contributed by atoms with van der Waals surface area (Å²) in [5, 5.41) is 17.9. The summed E-state index contributed by atoms with van der Waals surface area (Å²) in [6.45, 7) is 1.83. The molecule has 3 aromatic rings.